The van der Waals surface area contributed by atoms with Gasteiger partial charge in [-0.2, -0.15) is 0 Å². The molecule has 62 heavy (non-hydrogen) atoms. The normalized spacial score (nSPS) is 14.4. The number of carbonyl (C=O) groups is 3. The SMILES string of the molecule is C.COC1=NCCCC1.C[O+](C)C.ClCCl.FB(F)F.O=C(O)c1nc(-c2ccc(F)c(F)c2)n2c1CCCC2.O=C1CCCCC1.O=C1CN=C(c2ccc(F)c(F)c2)O1.[F-]. The highest BCUT2D eigenvalue weighted by Gasteiger charge is 2.25. The Labute approximate surface area is 367 Å². The molecule has 0 unspecified atom stereocenters. The van der Waals surface area contributed by atoms with Crippen LogP contribution in [0.25, 0.3) is 11.4 Å². The molecule has 0 spiro atoms. The van der Waals surface area contributed by atoms with E-state index in [0.717, 1.165) is 81.7 Å². The number of rotatable bonds is 3. The summed E-state index contributed by atoms with van der Waals surface area (Å²) in [6.07, 6.45) is 11.2. The van der Waals surface area contributed by atoms with E-state index in [1.54, 1.807) is 11.7 Å². The zero-order valence-corrected chi connectivity index (χ0v) is 35.6. The van der Waals surface area contributed by atoms with Crippen LogP contribution < -0.4 is 4.70 Å². The third-order valence-electron chi connectivity index (χ3n) is 7.96. The number of ether oxygens (including phenoxy) is 2. The smallest absolute Gasteiger partial charge is 0.762 e. The van der Waals surface area contributed by atoms with Crippen LogP contribution in [0.15, 0.2) is 46.4 Å². The van der Waals surface area contributed by atoms with Gasteiger partial charge in [-0.25, -0.2) is 37.1 Å². The fraction of sp³-hybridized carbons (Fsp3) is 0.500. The lowest BCUT2D eigenvalue weighted by atomic mass is 10.00. The number of alkyl halides is 2. The maximum Gasteiger partial charge on any atom is 0.762 e. The van der Waals surface area contributed by atoms with Crippen LogP contribution in [0.4, 0.5) is 30.5 Å². The number of imidazole rings is 1. The number of aromatic nitrogens is 2. The molecule has 1 saturated carbocycles. The van der Waals surface area contributed by atoms with Crippen molar-refractivity contribution in [2.24, 2.45) is 9.98 Å². The molecule has 0 amide bonds. The van der Waals surface area contributed by atoms with Crippen molar-refractivity contribution in [2.75, 3.05) is 46.9 Å². The minimum Gasteiger partial charge on any atom is -1.00 e. The Morgan fingerprint density at radius 2 is 1.32 bits per heavy atom. The molecule has 1 N–H and O–H groups in total. The number of cyclic esters (lactones) is 1. The van der Waals surface area contributed by atoms with Crippen LogP contribution in [0.1, 0.15) is 93.4 Å². The van der Waals surface area contributed by atoms with Gasteiger partial charge in [0, 0.05) is 43.5 Å². The summed E-state index contributed by atoms with van der Waals surface area (Å²) < 4.78 is 94.6. The van der Waals surface area contributed by atoms with Crippen LogP contribution in [0, 0.1) is 23.3 Å². The van der Waals surface area contributed by atoms with E-state index in [9.17, 15) is 50.0 Å². The molecular formula is C40H53BCl2F8N4O7. The summed E-state index contributed by atoms with van der Waals surface area (Å²) in [6, 6.07) is 6.68. The monoisotopic (exact) mass is 934 g/mol. The Morgan fingerprint density at radius 1 is 0.823 bits per heavy atom. The topological polar surface area (TPSA) is 135 Å². The van der Waals surface area contributed by atoms with E-state index in [4.69, 9.17) is 27.9 Å². The van der Waals surface area contributed by atoms with Crippen molar-refractivity contribution in [3.63, 3.8) is 0 Å². The summed E-state index contributed by atoms with van der Waals surface area (Å²) in [7, 11) is 3.77. The number of aliphatic imine (C=N–C) groups is 2. The number of Topliss-reactive ketones (excluding diaryl/α,β-unsaturated/α-hetero) is 1. The maximum atomic E-state index is 13.3. The van der Waals surface area contributed by atoms with Crippen LogP contribution >= 0.6 is 23.2 Å². The van der Waals surface area contributed by atoms with Gasteiger partial charge >= 0.3 is 19.5 Å². The summed E-state index contributed by atoms with van der Waals surface area (Å²) in [5.74, 6) is -3.61. The van der Waals surface area contributed by atoms with Gasteiger partial charge in [-0.1, -0.05) is 13.8 Å². The van der Waals surface area contributed by atoms with Gasteiger partial charge in [0.15, 0.2) is 34.9 Å². The van der Waals surface area contributed by atoms with Gasteiger partial charge in [-0.05, 0) is 81.3 Å². The first-order valence-corrected chi connectivity index (χ1v) is 19.6. The molecule has 1 aliphatic carbocycles. The minimum absolute atomic E-state index is 0. The lowest BCUT2D eigenvalue weighted by Crippen LogP contribution is -3.00. The summed E-state index contributed by atoms with van der Waals surface area (Å²) in [6.45, 7) is 1.53. The van der Waals surface area contributed by atoms with Gasteiger partial charge < -0.3 is 28.2 Å². The quantitative estimate of drug-likeness (QED) is 0.0963. The number of halogens is 10. The van der Waals surface area contributed by atoms with Crippen LogP contribution in [-0.2, 0) is 36.4 Å². The van der Waals surface area contributed by atoms with Crippen molar-refractivity contribution in [3.05, 3.63) is 76.6 Å². The highest BCUT2D eigenvalue weighted by molar-refractivity contribution is 6.40. The number of methoxy groups -OCH3 is 1. The molecule has 1 aromatic heterocycles. The Kier molecular flexibility index (Phi) is 31.7. The standard InChI is InChI=1S/C14H12F2N2O2.C9H5F2NO2.C6H11NO.C6H10O.C3H9O.CH2Cl2.CH4.BF3.FH/c15-9-5-4-8(7-10(9)16)13-17-12(14(19)20)11-3-1-2-6-18(11)13;10-6-2-1-5(3-7(6)11)9-12-4-8(13)14-9;1-8-6-4-2-3-5-7-6;7-6-4-2-1-3-5-6;1-4(2)3;2-1-3;;2-1(3)4;/h4-5,7H,1-3,6H2,(H,19,20);1-3H,4H2;2-5H2,1H3;1-5H2;1-3H3;1H2;1H4;;1H/q;;;;+1;;;;/p-1. The fourth-order valence-electron chi connectivity index (χ4n) is 5.44. The van der Waals surface area contributed by atoms with E-state index in [1.165, 1.54) is 31.4 Å². The Morgan fingerprint density at radius 3 is 1.73 bits per heavy atom. The third-order valence-corrected chi connectivity index (χ3v) is 7.96. The number of carbonyl (C=O) groups excluding carboxylic acids is 2. The zero-order chi connectivity index (χ0) is 45.2. The van der Waals surface area contributed by atoms with Crippen molar-refractivity contribution in [1.82, 2.24) is 9.55 Å². The highest BCUT2D eigenvalue weighted by Crippen LogP contribution is 2.28. The molecule has 3 aliphatic heterocycles. The van der Waals surface area contributed by atoms with E-state index in [1.807, 2.05) is 21.3 Å². The molecule has 0 bridgehead atoms. The first-order valence-electron chi connectivity index (χ1n) is 18.6. The third kappa shape index (κ3) is 23.6. The number of hydrogen-bond donors (Lipinski definition) is 1. The van der Waals surface area contributed by atoms with E-state index in [0.29, 0.717) is 35.8 Å². The van der Waals surface area contributed by atoms with Gasteiger partial charge in [-0.15, -0.1) is 23.2 Å². The average Bonchev–Trinajstić information content (AvgIpc) is 3.82. The number of carboxylic acid groups (broad SMARTS) is 1. The van der Waals surface area contributed by atoms with Crippen molar-refractivity contribution in [1.29, 1.82) is 0 Å². The second kappa shape index (κ2) is 33.1. The first-order chi connectivity index (χ1) is 28.4. The largest absolute Gasteiger partial charge is 1.00 e. The molecule has 2 aromatic carbocycles. The molecule has 1 fully saturated rings. The Balaban J connectivity index is 0. The van der Waals surface area contributed by atoms with Crippen molar-refractivity contribution < 1.29 is 68.5 Å². The van der Waals surface area contributed by atoms with Crippen LogP contribution in [0.3, 0.4) is 0 Å². The van der Waals surface area contributed by atoms with Crippen LogP contribution in [0.2, 0.25) is 0 Å². The summed E-state index contributed by atoms with van der Waals surface area (Å²) in [5.41, 5.74) is 1.31. The number of hydrogen-bond acceptors (Lipinski definition) is 8. The molecule has 7 rings (SSSR count). The second-order valence-electron chi connectivity index (χ2n) is 13.1. The molecule has 0 saturated heterocycles. The number of esters is 1. The predicted octanol–water partition coefficient (Wildman–Crippen LogP) is 7.24. The first kappa shape index (κ1) is 59.5. The van der Waals surface area contributed by atoms with Gasteiger partial charge in [0.25, 0.3) is 0 Å². The average molecular weight is 936 g/mol. The Bertz CT molecular complexity index is 1860. The van der Waals surface area contributed by atoms with E-state index in [2.05, 4.69) is 24.1 Å². The number of aromatic carboxylic acids is 1. The number of benzene rings is 2. The molecule has 348 valence electrons. The molecule has 0 atom stereocenters. The van der Waals surface area contributed by atoms with Crippen molar-refractivity contribution >= 4 is 60.3 Å². The number of fused-ring (bicyclic) bond motifs is 1. The molecule has 3 aromatic rings. The summed E-state index contributed by atoms with van der Waals surface area (Å²) in [4.78, 5) is 44.3. The predicted molar refractivity (Wildman–Crippen MR) is 224 cm³/mol. The van der Waals surface area contributed by atoms with Gasteiger partial charge in [-0.3, -0.25) is 22.7 Å². The number of nitrogens with zero attached hydrogens (tertiary/aromatic N) is 4. The molecule has 4 aliphatic rings. The molecule has 0 radical (unpaired) electrons. The molecule has 22 heteroatoms. The molecule has 4 heterocycles. The molecular weight excluding hydrogens is 882 g/mol. The van der Waals surface area contributed by atoms with Crippen LogP contribution in [-0.4, -0.2) is 98.6 Å². The molecule has 11 nitrogen and oxygen atoms in total. The summed E-state index contributed by atoms with van der Waals surface area (Å²) >= 11 is 9.53. The summed E-state index contributed by atoms with van der Waals surface area (Å²) in [5, 5.41) is 9.38. The van der Waals surface area contributed by atoms with Crippen molar-refractivity contribution in [3.8, 4) is 11.4 Å². The van der Waals surface area contributed by atoms with Gasteiger partial charge in [0.05, 0.1) is 18.1 Å². The zero-order valence-electron chi connectivity index (χ0n) is 34.1. The Hall–Kier alpha value is -4.56. The van der Waals surface area contributed by atoms with E-state index < -0.39 is 42.8 Å². The van der Waals surface area contributed by atoms with Gasteiger partial charge in [0.1, 0.15) is 39.5 Å². The van der Waals surface area contributed by atoms with Crippen molar-refractivity contribution in [2.45, 2.75) is 84.6 Å². The number of ketones is 1. The van der Waals surface area contributed by atoms with Crippen LogP contribution in [0.5, 0.6) is 0 Å². The maximum absolute atomic E-state index is 13.3. The lowest BCUT2D eigenvalue weighted by molar-refractivity contribution is -0.132. The highest BCUT2D eigenvalue weighted by atomic mass is 35.5. The number of carboxylic acids is 1. The minimum atomic E-state index is -3.67. The second-order valence-corrected chi connectivity index (χ2v) is 13.9. The lowest BCUT2D eigenvalue weighted by Gasteiger charge is -2.17. The van der Waals surface area contributed by atoms with Gasteiger partial charge in [0.2, 0.25) is 5.90 Å². The van der Waals surface area contributed by atoms with E-state index in [-0.39, 0.29) is 41.2 Å². The van der Waals surface area contributed by atoms with E-state index >= 15 is 0 Å². The fourth-order valence-corrected chi connectivity index (χ4v) is 5.44.